The maximum atomic E-state index is 11.6. The smallest absolute Gasteiger partial charge is 0.248 e. The number of amides is 1. The van der Waals surface area contributed by atoms with E-state index in [1.165, 1.54) is 5.69 Å². The molecule has 0 aliphatic carbocycles. The van der Waals surface area contributed by atoms with Crippen LogP contribution < -0.4 is 0 Å². The van der Waals surface area contributed by atoms with Crippen LogP contribution in [0.4, 0.5) is 0 Å². The summed E-state index contributed by atoms with van der Waals surface area (Å²) in [4.78, 5) is 15.8. The number of rotatable bonds is 6. The molecule has 0 unspecified atom stereocenters. The van der Waals surface area contributed by atoms with Crippen molar-refractivity contribution in [2.45, 2.75) is 38.4 Å². The van der Waals surface area contributed by atoms with Crippen molar-refractivity contribution in [2.24, 2.45) is 5.92 Å². The fourth-order valence-corrected chi connectivity index (χ4v) is 3.76. The molecule has 2 aliphatic heterocycles. The molecule has 1 atom stereocenters. The molecular weight excluding hydrogens is 318 g/mol. The number of likely N-dealkylation sites (N-methyl/N-ethyl adjacent to an activating group) is 1. The Balaban J connectivity index is 1.56. The van der Waals surface area contributed by atoms with E-state index >= 15 is 0 Å². The molecule has 25 heavy (non-hydrogen) atoms. The van der Waals surface area contributed by atoms with Gasteiger partial charge in [-0.1, -0.05) is 0 Å². The van der Waals surface area contributed by atoms with Crippen molar-refractivity contribution < 1.29 is 14.3 Å². The summed E-state index contributed by atoms with van der Waals surface area (Å²) in [7, 11) is 3.52. The van der Waals surface area contributed by atoms with E-state index in [2.05, 4.69) is 27.8 Å². The number of fused-ring (bicyclic) bond motifs is 1. The molecule has 0 bridgehead atoms. The van der Waals surface area contributed by atoms with Crippen molar-refractivity contribution in [3.8, 4) is 0 Å². The van der Waals surface area contributed by atoms with Crippen molar-refractivity contribution in [1.29, 1.82) is 0 Å². The summed E-state index contributed by atoms with van der Waals surface area (Å²) in [5.41, 5.74) is 1.40. The van der Waals surface area contributed by atoms with Gasteiger partial charge in [0, 0.05) is 71.5 Å². The second-order valence-electron chi connectivity index (χ2n) is 7.42. The first-order valence-electron chi connectivity index (χ1n) is 9.37. The number of aromatic nitrogens is 1. The van der Waals surface area contributed by atoms with E-state index in [9.17, 15) is 4.79 Å². The molecule has 1 aromatic heterocycles. The summed E-state index contributed by atoms with van der Waals surface area (Å²) >= 11 is 0. The molecule has 3 rings (SSSR count). The Labute approximate surface area is 150 Å². The number of carbonyl (C=O) groups excluding carboxylic acids is 1. The lowest BCUT2D eigenvalue weighted by atomic mass is 10.0. The minimum atomic E-state index is 0.0254. The molecular formula is C19H31N3O3. The zero-order chi connectivity index (χ0) is 17.6. The van der Waals surface area contributed by atoms with Crippen LogP contribution in [0, 0.1) is 5.92 Å². The largest absolute Gasteiger partial charge is 0.381 e. The van der Waals surface area contributed by atoms with E-state index in [0.29, 0.717) is 18.6 Å². The van der Waals surface area contributed by atoms with Gasteiger partial charge in [0.15, 0.2) is 0 Å². The van der Waals surface area contributed by atoms with Gasteiger partial charge in [0.05, 0.1) is 0 Å². The van der Waals surface area contributed by atoms with Crippen molar-refractivity contribution >= 4 is 5.91 Å². The molecule has 1 saturated heterocycles. The first kappa shape index (κ1) is 18.4. The van der Waals surface area contributed by atoms with E-state index < -0.39 is 0 Å². The molecule has 6 heteroatoms. The third kappa shape index (κ3) is 5.06. The van der Waals surface area contributed by atoms with Crippen LogP contribution in [0.5, 0.6) is 0 Å². The number of hydrogen-bond acceptors (Lipinski definition) is 4. The molecule has 0 N–H and O–H groups in total. The van der Waals surface area contributed by atoms with Crippen molar-refractivity contribution in [1.82, 2.24) is 14.4 Å². The maximum Gasteiger partial charge on any atom is 0.248 e. The molecule has 0 saturated carbocycles. The number of nitrogens with zero attached hydrogens (tertiary/aromatic N) is 3. The highest BCUT2D eigenvalue weighted by molar-refractivity contribution is 5.76. The zero-order valence-corrected chi connectivity index (χ0v) is 15.5. The van der Waals surface area contributed by atoms with E-state index in [4.69, 9.17) is 9.47 Å². The molecule has 0 radical (unpaired) electrons. The molecule has 0 aromatic carbocycles. The lowest BCUT2D eigenvalue weighted by molar-refractivity contribution is -0.133. The second kappa shape index (κ2) is 8.83. The van der Waals surface area contributed by atoms with Gasteiger partial charge in [-0.15, -0.1) is 0 Å². The van der Waals surface area contributed by atoms with Crippen LogP contribution >= 0.6 is 0 Å². The lowest BCUT2D eigenvalue weighted by Gasteiger charge is -2.34. The Kier molecular flexibility index (Phi) is 6.51. The monoisotopic (exact) mass is 349 g/mol. The first-order chi connectivity index (χ1) is 12.1. The third-order valence-electron chi connectivity index (χ3n) is 5.34. The minimum absolute atomic E-state index is 0.0254. The fourth-order valence-electron chi connectivity index (χ4n) is 3.76. The number of ether oxygens (including phenoxy) is 2. The van der Waals surface area contributed by atoms with Gasteiger partial charge in [0.25, 0.3) is 0 Å². The van der Waals surface area contributed by atoms with Crippen molar-refractivity contribution in [3.63, 3.8) is 0 Å². The Hall–Kier alpha value is -1.37. The predicted octanol–water partition coefficient (Wildman–Crippen LogP) is 1.59. The highest BCUT2D eigenvalue weighted by Crippen LogP contribution is 2.24. The molecule has 6 nitrogen and oxygen atoms in total. The SMILES string of the molecule is CN(C)C(=O)COCC[C@@H]1CN(C2CCOCC2)Cc2cccn2C1. The molecule has 3 heterocycles. The normalized spacial score (nSPS) is 22.4. The van der Waals surface area contributed by atoms with Gasteiger partial charge in [0.1, 0.15) is 6.61 Å². The molecule has 140 valence electrons. The van der Waals surface area contributed by atoms with Crippen LogP contribution in [0.25, 0.3) is 0 Å². The van der Waals surface area contributed by atoms with Crippen molar-refractivity contribution in [3.05, 3.63) is 24.0 Å². The average Bonchev–Trinajstić information content (AvgIpc) is 2.97. The number of carbonyl (C=O) groups is 1. The maximum absolute atomic E-state index is 11.6. The van der Waals surface area contributed by atoms with Crippen molar-refractivity contribution in [2.75, 3.05) is 47.1 Å². The average molecular weight is 349 g/mol. The van der Waals surface area contributed by atoms with Crippen LogP contribution in [-0.2, 0) is 27.4 Å². The van der Waals surface area contributed by atoms with Gasteiger partial charge in [-0.2, -0.15) is 0 Å². The lowest BCUT2D eigenvalue weighted by Crippen LogP contribution is -2.41. The van der Waals surface area contributed by atoms with Gasteiger partial charge < -0.3 is 18.9 Å². The zero-order valence-electron chi connectivity index (χ0n) is 15.5. The first-order valence-corrected chi connectivity index (χ1v) is 9.37. The van der Waals surface area contributed by atoms with Gasteiger partial charge in [0.2, 0.25) is 5.91 Å². The quantitative estimate of drug-likeness (QED) is 0.732. The number of hydrogen-bond donors (Lipinski definition) is 0. The summed E-state index contributed by atoms with van der Waals surface area (Å²) in [6, 6.07) is 5.00. The Bertz CT molecular complexity index is 552. The van der Waals surface area contributed by atoms with Gasteiger partial charge >= 0.3 is 0 Å². The van der Waals surface area contributed by atoms with Crippen LogP contribution in [0.15, 0.2) is 18.3 Å². The minimum Gasteiger partial charge on any atom is -0.381 e. The van der Waals surface area contributed by atoms with E-state index in [1.807, 2.05) is 0 Å². The van der Waals surface area contributed by atoms with Crippen LogP contribution in [0.2, 0.25) is 0 Å². The summed E-state index contributed by atoms with van der Waals surface area (Å²) in [5.74, 6) is 0.573. The Morgan fingerprint density at radius 3 is 2.88 bits per heavy atom. The van der Waals surface area contributed by atoms with Gasteiger partial charge in [-0.25, -0.2) is 0 Å². The fraction of sp³-hybridized carbons (Fsp3) is 0.737. The summed E-state index contributed by atoms with van der Waals surface area (Å²) in [5, 5.41) is 0. The summed E-state index contributed by atoms with van der Waals surface area (Å²) < 4.78 is 13.5. The molecule has 1 amide bonds. The summed E-state index contributed by atoms with van der Waals surface area (Å²) in [6.07, 6.45) is 5.42. The van der Waals surface area contributed by atoms with Crippen LogP contribution in [-0.4, -0.2) is 73.4 Å². The molecule has 2 aliphatic rings. The summed E-state index contributed by atoms with van der Waals surface area (Å²) in [6.45, 7) is 5.73. The van der Waals surface area contributed by atoms with E-state index in [1.54, 1.807) is 19.0 Å². The second-order valence-corrected chi connectivity index (χ2v) is 7.42. The predicted molar refractivity (Wildman–Crippen MR) is 96.3 cm³/mol. The molecule has 0 spiro atoms. The Morgan fingerprint density at radius 2 is 2.12 bits per heavy atom. The molecule has 1 aromatic rings. The molecule has 1 fully saturated rings. The topological polar surface area (TPSA) is 46.9 Å². The highest BCUT2D eigenvalue weighted by atomic mass is 16.5. The van der Waals surface area contributed by atoms with Gasteiger partial charge in [-0.3, -0.25) is 9.69 Å². The van der Waals surface area contributed by atoms with Crippen LogP contribution in [0.3, 0.4) is 0 Å². The van der Waals surface area contributed by atoms with E-state index in [-0.39, 0.29) is 12.5 Å². The van der Waals surface area contributed by atoms with Crippen LogP contribution in [0.1, 0.15) is 25.0 Å². The standard InChI is InChI=1S/C19H31N3O3/c1-20(2)19(23)15-25-9-5-16-12-21-8-3-4-18(21)14-22(13-16)17-6-10-24-11-7-17/h3-4,8,16-17H,5-7,9-15H2,1-2H3/t16-/m0/s1. The third-order valence-corrected chi connectivity index (χ3v) is 5.34. The highest BCUT2D eigenvalue weighted by Gasteiger charge is 2.27. The van der Waals surface area contributed by atoms with Gasteiger partial charge in [-0.05, 0) is 37.3 Å². The Morgan fingerprint density at radius 1 is 1.32 bits per heavy atom. The van der Waals surface area contributed by atoms with E-state index in [0.717, 1.165) is 52.1 Å².